The molecule has 15 heavy (non-hydrogen) atoms. The summed E-state index contributed by atoms with van der Waals surface area (Å²) < 4.78 is 5.09. The largest absolute Gasteiger partial charge is 0.497 e. The summed E-state index contributed by atoms with van der Waals surface area (Å²) in [7, 11) is 1.67. The van der Waals surface area contributed by atoms with Crippen LogP contribution in [-0.4, -0.2) is 18.5 Å². The minimum Gasteiger partial charge on any atom is -0.497 e. The zero-order valence-corrected chi connectivity index (χ0v) is 8.55. The van der Waals surface area contributed by atoms with Crippen molar-refractivity contribution in [2.45, 2.75) is 6.54 Å². The first kappa shape index (κ1) is 9.58. The molecular weight excluding hydrogens is 190 g/mol. The van der Waals surface area contributed by atoms with Gasteiger partial charge in [-0.1, -0.05) is 12.1 Å². The molecule has 1 aromatic carbocycles. The Hall–Kier alpha value is -1.97. The summed E-state index contributed by atoms with van der Waals surface area (Å²) in [5.41, 5.74) is 4.27. The molecule has 0 atom stereocenters. The van der Waals surface area contributed by atoms with Crippen molar-refractivity contribution in [2.75, 3.05) is 7.11 Å². The van der Waals surface area contributed by atoms with Crippen molar-refractivity contribution in [1.29, 1.82) is 0 Å². The van der Waals surface area contributed by atoms with E-state index in [0.717, 1.165) is 12.3 Å². The Morgan fingerprint density at radius 3 is 2.73 bits per heavy atom. The molecule has 0 amide bonds. The van der Waals surface area contributed by atoms with Gasteiger partial charge in [0.05, 0.1) is 13.7 Å². The number of aliphatic imine (C=N–C) groups is 1. The van der Waals surface area contributed by atoms with Crippen molar-refractivity contribution in [2.24, 2.45) is 4.99 Å². The van der Waals surface area contributed by atoms with E-state index in [4.69, 9.17) is 4.74 Å². The number of methoxy groups -OCH3 is 1. The molecule has 0 radical (unpaired) electrons. The molecule has 0 saturated heterocycles. The third-order valence-corrected chi connectivity index (χ3v) is 2.12. The van der Waals surface area contributed by atoms with Gasteiger partial charge in [-0.25, -0.2) is 4.99 Å². The van der Waals surface area contributed by atoms with Crippen LogP contribution in [0, 0.1) is 0 Å². The van der Waals surface area contributed by atoms with Crippen molar-refractivity contribution in [3.8, 4) is 5.75 Å². The molecule has 1 aromatic rings. The molecule has 1 aliphatic rings. The Labute approximate surface area is 88.8 Å². The summed E-state index contributed by atoms with van der Waals surface area (Å²) in [5.74, 6) is 0.874. The number of ether oxygens (including phenoxy) is 1. The Balaban J connectivity index is 1.98. The van der Waals surface area contributed by atoms with Gasteiger partial charge in [-0.3, -0.25) is 5.01 Å². The van der Waals surface area contributed by atoms with Crippen LogP contribution in [0.3, 0.4) is 0 Å². The van der Waals surface area contributed by atoms with Crippen LogP contribution in [0.2, 0.25) is 0 Å². The minimum absolute atomic E-state index is 0.776. The molecule has 4 heteroatoms. The van der Waals surface area contributed by atoms with E-state index < -0.39 is 0 Å². The molecule has 78 valence electrons. The number of benzene rings is 1. The van der Waals surface area contributed by atoms with E-state index in [2.05, 4.69) is 10.4 Å². The van der Waals surface area contributed by atoms with E-state index >= 15 is 0 Å². The molecular formula is C11H13N3O. The second-order valence-electron chi connectivity index (χ2n) is 3.19. The highest BCUT2D eigenvalue weighted by atomic mass is 16.5. The molecule has 4 nitrogen and oxygen atoms in total. The van der Waals surface area contributed by atoms with E-state index in [1.165, 1.54) is 5.56 Å². The van der Waals surface area contributed by atoms with Gasteiger partial charge in [-0.2, -0.15) is 0 Å². The van der Waals surface area contributed by atoms with Gasteiger partial charge in [0, 0.05) is 12.4 Å². The van der Waals surface area contributed by atoms with Crippen LogP contribution in [0.25, 0.3) is 0 Å². The van der Waals surface area contributed by atoms with E-state index in [1.54, 1.807) is 25.8 Å². The zero-order chi connectivity index (χ0) is 10.5. The van der Waals surface area contributed by atoms with Crippen LogP contribution in [0.5, 0.6) is 5.75 Å². The fourth-order valence-electron chi connectivity index (χ4n) is 1.34. The number of nitrogens with one attached hydrogen (secondary N) is 1. The van der Waals surface area contributed by atoms with E-state index in [0.29, 0.717) is 0 Å². The van der Waals surface area contributed by atoms with Gasteiger partial charge < -0.3 is 10.2 Å². The highest BCUT2D eigenvalue weighted by molar-refractivity contribution is 5.56. The van der Waals surface area contributed by atoms with Gasteiger partial charge in [0.2, 0.25) is 0 Å². The monoisotopic (exact) mass is 203 g/mol. The summed E-state index contributed by atoms with van der Waals surface area (Å²) in [6.45, 7) is 0.776. The maximum Gasteiger partial charge on any atom is 0.118 e. The van der Waals surface area contributed by atoms with Crippen molar-refractivity contribution in [3.05, 3.63) is 42.2 Å². The lowest BCUT2D eigenvalue weighted by atomic mass is 10.2. The molecule has 2 rings (SSSR count). The van der Waals surface area contributed by atoms with Gasteiger partial charge >= 0.3 is 0 Å². The van der Waals surface area contributed by atoms with Crippen LogP contribution in [0.1, 0.15) is 5.56 Å². The van der Waals surface area contributed by atoms with Gasteiger partial charge in [-0.05, 0) is 17.7 Å². The van der Waals surface area contributed by atoms with Crippen molar-refractivity contribution >= 4 is 6.34 Å². The molecule has 1 heterocycles. The van der Waals surface area contributed by atoms with Crippen LogP contribution in [-0.2, 0) is 6.54 Å². The fourth-order valence-corrected chi connectivity index (χ4v) is 1.34. The third kappa shape index (κ3) is 2.49. The molecule has 1 N–H and O–H groups in total. The van der Waals surface area contributed by atoms with E-state index in [-0.39, 0.29) is 0 Å². The lowest BCUT2D eigenvalue weighted by Crippen LogP contribution is -2.33. The van der Waals surface area contributed by atoms with Crippen molar-refractivity contribution in [3.63, 3.8) is 0 Å². The number of nitrogens with zero attached hydrogens (tertiary/aromatic N) is 2. The maximum absolute atomic E-state index is 5.09. The molecule has 0 unspecified atom stereocenters. The lowest BCUT2D eigenvalue weighted by molar-refractivity contribution is 0.356. The summed E-state index contributed by atoms with van der Waals surface area (Å²) in [6.07, 6.45) is 5.26. The molecule has 0 aromatic heterocycles. The van der Waals surface area contributed by atoms with Crippen molar-refractivity contribution in [1.82, 2.24) is 10.4 Å². The highest BCUT2D eigenvalue weighted by Gasteiger charge is 2.01. The third-order valence-electron chi connectivity index (χ3n) is 2.12. The number of hydrogen-bond acceptors (Lipinski definition) is 4. The van der Waals surface area contributed by atoms with Gasteiger partial charge in [0.25, 0.3) is 0 Å². The summed E-state index contributed by atoms with van der Waals surface area (Å²) in [6, 6.07) is 7.97. The second-order valence-corrected chi connectivity index (χ2v) is 3.19. The first-order valence-corrected chi connectivity index (χ1v) is 4.72. The average Bonchev–Trinajstić information content (AvgIpc) is 2.31. The van der Waals surface area contributed by atoms with Crippen molar-refractivity contribution < 1.29 is 4.74 Å². The minimum atomic E-state index is 0.776. The van der Waals surface area contributed by atoms with Crippen LogP contribution < -0.4 is 10.2 Å². The lowest BCUT2D eigenvalue weighted by Gasteiger charge is -2.20. The zero-order valence-electron chi connectivity index (χ0n) is 8.55. The Bertz CT molecular complexity index is 370. The van der Waals surface area contributed by atoms with E-state index in [9.17, 15) is 0 Å². The topological polar surface area (TPSA) is 36.9 Å². The highest BCUT2D eigenvalue weighted by Crippen LogP contribution is 2.12. The molecule has 0 aliphatic carbocycles. The van der Waals surface area contributed by atoms with Gasteiger partial charge in [0.1, 0.15) is 12.1 Å². The Morgan fingerprint density at radius 1 is 1.33 bits per heavy atom. The molecule has 0 bridgehead atoms. The smallest absolute Gasteiger partial charge is 0.118 e. The van der Waals surface area contributed by atoms with Crippen LogP contribution in [0.15, 0.2) is 41.7 Å². The predicted octanol–water partition coefficient (Wildman–Crippen LogP) is 1.51. The average molecular weight is 203 g/mol. The molecule has 0 fully saturated rings. The second kappa shape index (κ2) is 4.50. The Kier molecular flexibility index (Phi) is 2.88. The SMILES string of the molecule is COc1ccc(CN2C=NC=CN2)cc1. The fraction of sp³-hybridized carbons (Fsp3) is 0.182. The van der Waals surface area contributed by atoms with E-state index in [1.807, 2.05) is 29.3 Å². The molecule has 0 saturated carbocycles. The summed E-state index contributed by atoms with van der Waals surface area (Å²) in [4.78, 5) is 4.02. The van der Waals surface area contributed by atoms with Gasteiger partial charge in [-0.15, -0.1) is 0 Å². The summed E-state index contributed by atoms with van der Waals surface area (Å²) in [5, 5.41) is 1.90. The maximum atomic E-state index is 5.09. The Morgan fingerprint density at radius 2 is 2.13 bits per heavy atom. The van der Waals surface area contributed by atoms with Crippen LogP contribution >= 0.6 is 0 Å². The first-order chi connectivity index (χ1) is 7.38. The first-order valence-electron chi connectivity index (χ1n) is 4.72. The standard InChI is InChI=1S/C11H13N3O/c1-15-11-4-2-10(3-5-11)8-14-9-12-6-7-13-14/h2-7,9,13H,8H2,1H3. The molecule has 1 aliphatic heterocycles. The molecule has 0 spiro atoms. The number of hydrazine groups is 1. The van der Waals surface area contributed by atoms with Gasteiger partial charge in [0.15, 0.2) is 0 Å². The summed E-state index contributed by atoms with van der Waals surface area (Å²) >= 11 is 0. The number of rotatable bonds is 3. The van der Waals surface area contributed by atoms with Crippen LogP contribution in [0.4, 0.5) is 0 Å². The number of hydrogen-bond donors (Lipinski definition) is 1. The normalized spacial score (nSPS) is 13.8. The quantitative estimate of drug-likeness (QED) is 0.809. The predicted molar refractivity (Wildman–Crippen MR) is 59.3 cm³/mol.